The van der Waals surface area contributed by atoms with Gasteiger partial charge in [0.05, 0.1) is 18.4 Å². The molecule has 1 rings (SSSR count). The van der Waals surface area contributed by atoms with Crippen molar-refractivity contribution in [2.24, 2.45) is 10.8 Å². The number of rotatable bonds is 4. The monoisotopic (exact) mass is 191 g/mol. The van der Waals surface area contributed by atoms with Gasteiger partial charge in [-0.05, 0) is 19.1 Å². The average molecular weight is 191 g/mol. The smallest absolute Gasteiger partial charge is 0.189 e. The number of hydrogen-bond acceptors (Lipinski definition) is 4. The van der Waals surface area contributed by atoms with Crippen LogP contribution in [0.25, 0.3) is 0 Å². The first-order chi connectivity index (χ1) is 6.72. The third kappa shape index (κ3) is 3.37. The molecule has 0 fully saturated rings. The molecule has 0 aromatic heterocycles. The van der Waals surface area contributed by atoms with Gasteiger partial charge in [0, 0.05) is 0 Å². The largest absolute Gasteiger partial charge is 0.324 e. The van der Waals surface area contributed by atoms with Crippen LogP contribution in [-0.2, 0) is 4.79 Å². The van der Waals surface area contributed by atoms with Gasteiger partial charge in [-0.25, -0.2) is 0 Å². The number of nitrogens with zero attached hydrogens (tertiary/aromatic N) is 1. The lowest BCUT2D eigenvalue weighted by Gasteiger charge is -1.99. The molecule has 0 amide bonds. The number of aryl methyl sites for hydroxylation is 1. The van der Waals surface area contributed by atoms with E-state index in [4.69, 9.17) is 5.73 Å². The maximum absolute atomic E-state index is 10.7. The minimum absolute atomic E-state index is 0.0148. The maximum Gasteiger partial charge on any atom is 0.189 e. The van der Waals surface area contributed by atoms with Crippen LogP contribution in [0.3, 0.4) is 0 Å². The molecule has 0 aliphatic carbocycles. The van der Waals surface area contributed by atoms with Crippen LogP contribution < -0.4 is 11.2 Å². The molecule has 3 N–H and O–H groups in total. The average Bonchev–Trinajstić information content (AvgIpc) is 2.21. The summed E-state index contributed by atoms with van der Waals surface area (Å²) < 4.78 is 0. The standard InChI is InChI=1S/C10H13N3O/c1-8-2-4-9(5-3-8)13-12-7-10(14)6-11/h2-5,7,13H,6,11H2,1H3/b12-7+. The fraction of sp³-hybridized carbons (Fsp3) is 0.200. The number of Topliss-reactive ketones (excluding diaryl/α,β-unsaturated/α-hetero) is 1. The molecule has 74 valence electrons. The molecular weight excluding hydrogens is 178 g/mol. The zero-order chi connectivity index (χ0) is 10.4. The van der Waals surface area contributed by atoms with Gasteiger partial charge in [0.15, 0.2) is 5.78 Å². The number of ketones is 1. The molecule has 0 bridgehead atoms. The Hall–Kier alpha value is -1.68. The van der Waals surface area contributed by atoms with Crippen molar-refractivity contribution in [3.63, 3.8) is 0 Å². The third-order valence-electron chi connectivity index (χ3n) is 1.65. The van der Waals surface area contributed by atoms with Crippen molar-refractivity contribution < 1.29 is 4.79 Å². The molecule has 0 aliphatic heterocycles. The Morgan fingerprint density at radius 1 is 1.50 bits per heavy atom. The summed E-state index contributed by atoms with van der Waals surface area (Å²) in [5.41, 5.74) is 9.86. The van der Waals surface area contributed by atoms with Gasteiger partial charge in [0.25, 0.3) is 0 Å². The number of anilines is 1. The molecule has 4 nitrogen and oxygen atoms in total. The van der Waals surface area contributed by atoms with Crippen LogP contribution in [-0.4, -0.2) is 18.5 Å². The summed E-state index contributed by atoms with van der Waals surface area (Å²) in [6, 6.07) is 7.70. The van der Waals surface area contributed by atoms with Gasteiger partial charge in [-0.1, -0.05) is 17.7 Å². The van der Waals surface area contributed by atoms with Crippen molar-refractivity contribution in [2.45, 2.75) is 6.92 Å². The summed E-state index contributed by atoms with van der Waals surface area (Å²) in [5, 5.41) is 3.74. The Morgan fingerprint density at radius 2 is 2.14 bits per heavy atom. The van der Waals surface area contributed by atoms with E-state index in [1.807, 2.05) is 31.2 Å². The molecular formula is C10H13N3O. The van der Waals surface area contributed by atoms with Crippen LogP contribution in [0, 0.1) is 6.92 Å². The van der Waals surface area contributed by atoms with Gasteiger partial charge in [-0.3, -0.25) is 10.2 Å². The van der Waals surface area contributed by atoms with E-state index >= 15 is 0 Å². The third-order valence-corrected chi connectivity index (χ3v) is 1.65. The normalized spacial score (nSPS) is 10.4. The molecule has 0 saturated carbocycles. The number of hydrogen-bond donors (Lipinski definition) is 2. The number of nitrogens with two attached hydrogens (primary N) is 1. The van der Waals surface area contributed by atoms with Gasteiger partial charge >= 0.3 is 0 Å². The molecule has 0 aliphatic rings. The highest BCUT2D eigenvalue weighted by Crippen LogP contribution is 2.07. The van der Waals surface area contributed by atoms with Crippen molar-refractivity contribution in [2.75, 3.05) is 12.0 Å². The summed E-state index contributed by atoms with van der Waals surface area (Å²) in [6.45, 7) is 1.99. The Bertz CT molecular complexity index is 330. The lowest BCUT2D eigenvalue weighted by Crippen LogP contribution is -2.14. The number of nitrogens with one attached hydrogen (secondary N) is 1. The van der Waals surface area contributed by atoms with Crippen molar-refractivity contribution in [3.05, 3.63) is 29.8 Å². The lowest BCUT2D eigenvalue weighted by molar-refractivity contribution is -0.111. The molecule has 0 saturated heterocycles. The summed E-state index contributed by atoms with van der Waals surface area (Å²) >= 11 is 0. The number of benzene rings is 1. The first-order valence-corrected chi connectivity index (χ1v) is 4.31. The number of carbonyl (C=O) groups excluding carboxylic acids is 1. The van der Waals surface area contributed by atoms with Gasteiger partial charge in [-0.15, -0.1) is 0 Å². The second-order valence-corrected chi connectivity index (χ2v) is 2.91. The minimum Gasteiger partial charge on any atom is -0.324 e. The molecule has 1 aromatic rings. The first-order valence-electron chi connectivity index (χ1n) is 4.31. The minimum atomic E-state index is -0.204. The molecule has 0 heterocycles. The Morgan fingerprint density at radius 3 is 2.71 bits per heavy atom. The van der Waals surface area contributed by atoms with E-state index in [9.17, 15) is 4.79 Å². The van der Waals surface area contributed by atoms with Crippen molar-refractivity contribution in [1.82, 2.24) is 0 Å². The predicted molar refractivity (Wildman–Crippen MR) is 57.4 cm³/mol. The fourth-order valence-corrected chi connectivity index (χ4v) is 0.860. The summed E-state index contributed by atoms with van der Waals surface area (Å²) in [6.07, 6.45) is 1.18. The van der Waals surface area contributed by atoms with E-state index in [1.165, 1.54) is 11.8 Å². The van der Waals surface area contributed by atoms with Crippen LogP contribution in [0.2, 0.25) is 0 Å². The van der Waals surface area contributed by atoms with Crippen LogP contribution in [0.1, 0.15) is 5.56 Å². The van der Waals surface area contributed by atoms with E-state index in [0.29, 0.717) is 0 Å². The fourth-order valence-electron chi connectivity index (χ4n) is 0.860. The molecule has 14 heavy (non-hydrogen) atoms. The maximum atomic E-state index is 10.7. The topological polar surface area (TPSA) is 67.5 Å². The Kier molecular flexibility index (Phi) is 3.82. The van der Waals surface area contributed by atoms with Crippen LogP contribution in [0.4, 0.5) is 5.69 Å². The summed E-state index contributed by atoms with van der Waals surface area (Å²) in [7, 11) is 0. The number of hydrazone groups is 1. The molecule has 1 aromatic carbocycles. The van der Waals surface area contributed by atoms with Crippen LogP contribution >= 0.6 is 0 Å². The van der Waals surface area contributed by atoms with E-state index in [0.717, 1.165) is 5.69 Å². The molecule has 0 spiro atoms. The Balaban J connectivity index is 2.49. The van der Waals surface area contributed by atoms with Crippen molar-refractivity contribution in [3.8, 4) is 0 Å². The Labute approximate surface area is 82.8 Å². The second-order valence-electron chi connectivity index (χ2n) is 2.91. The molecule has 0 atom stereocenters. The van der Waals surface area contributed by atoms with E-state index in [2.05, 4.69) is 10.5 Å². The zero-order valence-electron chi connectivity index (χ0n) is 8.03. The zero-order valence-corrected chi connectivity index (χ0v) is 8.03. The second kappa shape index (κ2) is 5.14. The van der Waals surface area contributed by atoms with Crippen molar-refractivity contribution >= 4 is 17.7 Å². The van der Waals surface area contributed by atoms with Gasteiger partial charge in [0.2, 0.25) is 0 Å². The highest BCUT2D eigenvalue weighted by Gasteiger charge is 1.91. The first kappa shape index (κ1) is 10.4. The highest BCUT2D eigenvalue weighted by atomic mass is 16.1. The molecule has 4 heteroatoms. The van der Waals surface area contributed by atoms with Gasteiger partial charge < -0.3 is 5.73 Å². The lowest BCUT2D eigenvalue weighted by atomic mass is 10.2. The van der Waals surface area contributed by atoms with Gasteiger partial charge in [-0.2, -0.15) is 5.10 Å². The van der Waals surface area contributed by atoms with Crippen LogP contribution in [0.15, 0.2) is 29.4 Å². The highest BCUT2D eigenvalue weighted by molar-refractivity contribution is 6.28. The summed E-state index contributed by atoms with van der Waals surface area (Å²) in [5.74, 6) is -0.204. The quantitative estimate of drug-likeness (QED) is 0.549. The van der Waals surface area contributed by atoms with Crippen LogP contribution in [0.5, 0.6) is 0 Å². The van der Waals surface area contributed by atoms with E-state index in [1.54, 1.807) is 0 Å². The SMILES string of the molecule is Cc1ccc(N/N=C/C(=O)CN)cc1. The van der Waals surface area contributed by atoms with E-state index in [-0.39, 0.29) is 12.3 Å². The summed E-state index contributed by atoms with van der Waals surface area (Å²) in [4.78, 5) is 10.7. The van der Waals surface area contributed by atoms with Crippen molar-refractivity contribution in [1.29, 1.82) is 0 Å². The number of carbonyl (C=O) groups is 1. The molecule has 0 radical (unpaired) electrons. The van der Waals surface area contributed by atoms with E-state index < -0.39 is 0 Å². The molecule has 0 unspecified atom stereocenters. The predicted octanol–water partition coefficient (Wildman–Crippen LogP) is 0.921. The van der Waals surface area contributed by atoms with Gasteiger partial charge in [0.1, 0.15) is 0 Å².